The van der Waals surface area contributed by atoms with Gasteiger partial charge in [-0.1, -0.05) is 109 Å². The molecule has 6 aromatic carbocycles. The summed E-state index contributed by atoms with van der Waals surface area (Å²) in [5.74, 6) is 0.653. The summed E-state index contributed by atoms with van der Waals surface area (Å²) in [4.78, 5) is 14.6. The molecule has 10 aromatic rings. The van der Waals surface area contributed by atoms with Crippen LogP contribution in [0.15, 0.2) is 168 Å². The van der Waals surface area contributed by atoms with Crippen molar-refractivity contribution in [2.45, 2.75) is 0 Å². The topological polar surface area (TPSA) is 51.8 Å². The minimum absolute atomic E-state index is 0.653. The fraction of sp³-hybridized carbons (Fsp3) is 0. The van der Waals surface area contributed by atoms with Crippen molar-refractivity contribution in [2.75, 3.05) is 0 Å². The first-order chi connectivity index (χ1) is 24.8. The molecule has 4 heterocycles. The highest BCUT2D eigenvalue weighted by Crippen LogP contribution is 2.46. The highest BCUT2D eigenvalue weighted by Gasteiger charge is 2.21. The van der Waals surface area contributed by atoms with Crippen molar-refractivity contribution in [1.29, 1.82) is 0 Å². The Bertz CT molecular complexity index is 2870. The molecule has 5 heteroatoms. The Morgan fingerprint density at radius 2 is 1.16 bits per heavy atom. The standard InChI is InChI=1S/C45H27N3OS/c1-2-10-29(11-3-1)38-27-39(48-45(47-38)31-13-8-12-30(26-31)28-22-24-46-25-23-28)36-21-20-33(42-37-15-4-6-18-40(37)49-43(36)42)35-17-9-16-34-32-14-5-7-19-41(32)50-44(34)35/h1-27H. The minimum Gasteiger partial charge on any atom is -0.455 e. The zero-order valence-electron chi connectivity index (χ0n) is 26.7. The third-order valence-electron chi connectivity index (χ3n) is 9.43. The van der Waals surface area contributed by atoms with Gasteiger partial charge >= 0.3 is 0 Å². The summed E-state index contributed by atoms with van der Waals surface area (Å²) in [5.41, 5.74) is 10.7. The molecule has 0 spiro atoms. The van der Waals surface area contributed by atoms with Gasteiger partial charge in [-0.25, -0.2) is 9.97 Å². The molecular formula is C45H27N3OS. The number of fused-ring (bicyclic) bond motifs is 6. The minimum atomic E-state index is 0.653. The van der Waals surface area contributed by atoms with Gasteiger partial charge in [-0.05, 0) is 59.2 Å². The average Bonchev–Trinajstić information content (AvgIpc) is 3.77. The number of pyridine rings is 1. The molecule has 0 fully saturated rings. The average molecular weight is 658 g/mol. The van der Waals surface area contributed by atoms with E-state index in [1.807, 2.05) is 66.2 Å². The molecule has 50 heavy (non-hydrogen) atoms. The van der Waals surface area contributed by atoms with Crippen LogP contribution in [0.1, 0.15) is 0 Å². The number of hydrogen-bond acceptors (Lipinski definition) is 5. The fourth-order valence-corrected chi connectivity index (χ4v) is 8.30. The molecule has 234 valence electrons. The van der Waals surface area contributed by atoms with Crippen molar-refractivity contribution < 1.29 is 4.42 Å². The molecule has 0 unspecified atom stereocenters. The summed E-state index contributed by atoms with van der Waals surface area (Å²) in [5, 5.41) is 4.73. The second-order valence-electron chi connectivity index (χ2n) is 12.4. The molecule has 0 saturated carbocycles. The quantitative estimate of drug-likeness (QED) is 0.185. The zero-order valence-corrected chi connectivity index (χ0v) is 27.6. The Hall–Kier alpha value is -6.43. The lowest BCUT2D eigenvalue weighted by molar-refractivity contribution is 0.670. The largest absolute Gasteiger partial charge is 0.455 e. The van der Waals surface area contributed by atoms with E-state index in [2.05, 4.69) is 114 Å². The summed E-state index contributed by atoms with van der Waals surface area (Å²) in [6.07, 6.45) is 3.63. The normalized spacial score (nSPS) is 11.6. The first kappa shape index (κ1) is 28.6. The Labute approximate surface area is 292 Å². The summed E-state index contributed by atoms with van der Waals surface area (Å²) >= 11 is 1.84. The molecule has 0 radical (unpaired) electrons. The van der Waals surface area contributed by atoms with Crippen LogP contribution in [-0.4, -0.2) is 15.0 Å². The predicted molar refractivity (Wildman–Crippen MR) is 207 cm³/mol. The number of aromatic nitrogens is 3. The van der Waals surface area contributed by atoms with Gasteiger partial charge in [-0.2, -0.15) is 0 Å². The zero-order chi connectivity index (χ0) is 33.0. The lowest BCUT2D eigenvalue weighted by atomic mass is 9.95. The molecule has 0 amide bonds. The molecule has 0 saturated heterocycles. The first-order valence-corrected chi connectivity index (χ1v) is 17.4. The Balaban J connectivity index is 1.22. The van der Waals surface area contributed by atoms with Crippen molar-refractivity contribution in [1.82, 2.24) is 15.0 Å². The second-order valence-corrected chi connectivity index (χ2v) is 13.4. The van der Waals surface area contributed by atoms with E-state index in [0.717, 1.165) is 66.7 Å². The van der Waals surface area contributed by atoms with E-state index in [-0.39, 0.29) is 0 Å². The van der Waals surface area contributed by atoms with Gasteiger partial charge in [-0.15, -0.1) is 11.3 Å². The molecule has 4 nitrogen and oxygen atoms in total. The monoisotopic (exact) mass is 657 g/mol. The second kappa shape index (κ2) is 11.6. The Morgan fingerprint density at radius 3 is 2.06 bits per heavy atom. The highest BCUT2D eigenvalue weighted by atomic mass is 32.1. The van der Waals surface area contributed by atoms with Gasteiger partial charge in [0.1, 0.15) is 11.2 Å². The molecule has 4 aromatic heterocycles. The van der Waals surface area contributed by atoms with Crippen molar-refractivity contribution in [3.63, 3.8) is 0 Å². The maximum atomic E-state index is 6.78. The number of rotatable bonds is 5. The fourth-order valence-electron chi connectivity index (χ4n) is 7.07. The van der Waals surface area contributed by atoms with Crippen molar-refractivity contribution in [2.24, 2.45) is 0 Å². The van der Waals surface area contributed by atoms with E-state index in [1.54, 1.807) is 0 Å². The van der Waals surface area contributed by atoms with Crippen LogP contribution in [0.4, 0.5) is 0 Å². The molecule has 0 atom stereocenters. The summed E-state index contributed by atoms with van der Waals surface area (Å²) < 4.78 is 9.34. The molecule has 10 rings (SSSR count). The maximum Gasteiger partial charge on any atom is 0.160 e. The number of benzene rings is 6. The Morgan fingerprint density at radius 1 is 0.460 bits per heavy atom. The van der Waals surface area contributed by atoms with Crippen LogP contribution < -0.4 is 0 Å². The van der Waals surface area contributed by atoms with Gasteiger partial charge in [0.05, 0.1) is 11.4 Å². The van der Waals surface area contributed by atoms with Crippen LogP contribution in [0, 0.1) is 0 Å². The van der Waals surface area contributed by atoms with Crippen LogP contribution in [0.3, 0.4) is 0 Å². The first-order valence-electron chi connectivity index (χ1n) is 16.6. The van der Waals surface area contributed by atoms with Crippen LogP contribution >= 0.6 is 11.3 Å². The molecule has 0 aliphatic rings. The molecular weight excluding hydrogens is 631 g/mol. The van der Waals surface area contributed by atoms with Crippen LogP contribution in [0.25, 0.3) is 98.3 Å². The van der Waals surface area contributed by atoms with Crippen LogP contribution in [0.2, 0.25) is 0 Å². The summed E-state index contributed by atoms with van der Waals surface area (Å²) in [7, 11) is 0. The lowest BCUT2D eigenvalue weighted by Gasteiger charge is -2.12. The highest BCUT2D eigenvalue weighted by molar-refractivity contribution is 7.26. The Kier molecular flexibility index (Phi) is 6.64. The van der Waals surface area contributed by atoms with Crippen LogP contribution in [-0.2, 0) is 0 Å². The molecule has 0 aliphatic heterocycles. The predicted octanol–water partition coefficient (Wildman–Crippen LogP) is 12.5. The maximum absolute atomic E-state index is 6.78. The van der Waals surface area contributed by atoms with Gasteiger partial charge in [-0.3, -0.25) is 4.98 Å². The van der Waals surface area contributed by atoms with E-state index in [0.29, 0.717) is 5.82 Å². The van der Waals surface area contributed by atoms with Gasteiger partial charge in [0.2, 0.25) is 0 Å². The van der Waals surface area contributed by atoms with Crippen molar-refractivity contribution >= 4 is 53.4 Å². The number of nitrogens with zero attached hydrogens (tertiary/aromatic N) is 3. The van der Waals surface area contributed by atoms with Crippen LogP contribution in [0.5, 0.6) is 0 Å². The third kappa shape index (κ3) is 4.71. The third-order valence-corrected chi connectivity index (χ3v) is 10.6. The summed E-state index contributed by atoms with van der Waals surface area (Å²) in [6, 6.07) is 52.8. The van der Waals surface area contributed by atoms with E-state index in [1.165, 1.54) is 25.7 Å². The number of para-hydroxylation sites is 1. The SMILES string of the molecule is c1ccc(-c2cc(-c3ccc(-c4cccc5c4sc4ccccc45)c4c3oc3ccccc34)nc(-c3cccc(-c4ccncc4)c3)n2)cc1. The number of hydrogen-bond donors (Lipinski definition) is 0. The van der Waals surface area contributed by atoms with Crippen molar-refractivity contribution in [3.8, 4) is 56.2 Å². The van der Waals surface area contributed by atoms with Gasteiger partial charge < -0.3 is 4.42 Å². The van der Waals surface area contributed by atoms with Gasteiger partial charge in [0.25, 0.3) is 0 Å². The molecule has 0 aliphatic carbocycles. The summed E-state index contributed by atoms with van der Waals surface area (Å²) in [6.45, 7) is 0. The lowest BCUT2D eigenvalue weighted by Crippen LogP contribution is -1.96. The molecule has 0 N–H and O–H groups in total. The smallest absolute Gasteiger partial charge is 0.160 e. The molecule has 0 bridgehead atoms. The number of thiophene rings is 1. The van der Waals surface area contributed by atoms with Crippen molar-refractivity contribution in [3.05, 3.63) is 164 Å². The van der Waals surface area contributed by atoms with E-state index in [4.69, 9.17) is 14.4 Å². The number of furan rings is 1. The van der Waals surface area contributed by atoms with Gasteiger partial charge in [0, 0.05) is 65.6 Å². The van der Waals surface area contributed by atoms with E-state index >= 15 is 0 Å². The van der Waals surface area contributed by atoms with E-state index < -0.39 is 0 Å². The van der Waals surface area contributed by atoms with E-state index in [9.17, 15) is 0 Å². The van der Waals surface area contributed by atoms with Gasteiger partial charge in [0.15, 0.2) is 5.82 Å².